The molecule has 0 bridgehead atoms. The Morgan fingerprint density at radius 2 is 1.67 bits per heavy atom. The zero-order valence-corrected chi connectivity index (χ0v) is 14.5. The van der Waals surface area contributed by atoms with Crippen LogP contribution in [-0.4, -0.2) is 24.7 Å². The van der Waals surface area contributed by atoms with Crippen molar-refractivity contribution in [3.63, 3.8) is 0 Å². The van der Waals surface area contributed by atoms with Crippen LogP contribution in [0.5, 0.6) is 0 Å². The van der Waals surface area contributed by atoms with E-state index in [1.165, 1.54) is 12.1 Å². The van der Waals surface area contributed by atoms with Crippen molar-refractivity contribution in [3.05, 3.63) is 71.3 Å². The molecule has 0 amide bonds. The Morgan fingerprint density at radius 3 is 2.21 bits per heavy atom. The van der Waals surface area contributed by atoms with Gasteiger partial charge >= 0.3 is 5.97 Å². The number of hydrogen-bond donors (Lipinski definition) is 1. The number of carboxylic acid groups (broad SMARTS) is 1. The van der Waals surface area contributed by atoms with Crippen LogP contribution in [0, 0.1) is 6.92 Å². The van der Waals surface area contributed by atoms with E-state index in [0.717, 1.165) is 11.1 Å². The molecule has 126 valence electrons. The Morgan fingerprint density at radius 1 is 1.08 bits per heavy atom. The third kappa shape index (κ3) is 4.32. The van der Waals surface area contributed by atoms with Crippen LogP contribution >= 0.6 is 0 Å². The third-order valence-corrected chi connectivity index (χ3v) is 5.77. The lowest BCUT2D eigenvalue weighted by molar-refractivity contribution is -0.136. The number of allylic oxidation sites excluding steroid dienone is 1. The van der Waals surface area contributed by atoms with E-state index < -0.39 is 21.1 Å². The minimum atomic E-state index is -3.94. The average molecular weight is 344 g/mol. The number of carbonyl (C=O) groups is 1. The Kier molecular flexibility index (Phi) is 5.57. The molecule has 5 heteroatoms. The van der Waals surface area contributed by atoms with Crippen molar-refractivity contribution in [1.82, 2.24) is 0 Å². The molecule has 0 aliphatic heterocycles. The molecule has 0 saturated carbocycles. The summed E-state index contributed by atoms with van der Waals surface area (Å²) in [5.41, 5.74) is 2.53. The SMILES string of the molecule is CC(=Cc1ccccc1)CC(C(=O)O)S(=O)(=O)c1ccc(C)cc1. The monoisotopic (exact) mass is 344 g/mol. The number of hydrogen-bond acceptors (Lipinski definition) is 3. The first kappa shape index (κ1) is 17.9. The smallest absolute Gasteiger partial charge is 0.322 e. The second-order valence-corrected chi connectivity index (χ2v) is 7.92. The van der Waals surface area contributed by atoms with Gasteiger partial charge in [-0.1, -0.05) is 59.7 Å². The predicted molar refractivity (Wildman–Crippen MR) is 94.5 cm³/mol. The zero-order valence-electron chi connectivity index (χ0n) is 13.6. The molecule has 0 radical (unpaired) electrons. The number of aryl methyl sites for hydroxylation is 1. The number of sulfone groups is 1. The van der Waals surface area contributed by atoms with Crippen molar-refractivity contribution in [2.24, 2.45) is 0 Å². The normalized spacial score (nSPS) is 13.5. The highest BCUT2D eigenvalue weighted by atomic mass is 32.2. The molecule has 0 aliphatic carbocycles. The van der Waals surface area contributed by atoms with Gasteiger partial charge in [0.05, 0.1) is 4.90 Å². The summed E-state index contributed by atoms with van der Waals surface area (Å²) in [5.74, 6) is -1.34. The fourth-order valence-electron chi connectivity index (χ4n) is 2.41. The number of aliphatic carboxylic acids is 1. The van der Waals surface area contributed by atoms with E-state index in [1.54, 1.807) is 25.1 Å². The van der Waals surface area contributed by atoms with E-state index in [1.807, 2.05) is 37.3 Å². The lowest BCUT2D eigenvalue weighted by atomic mass is 10.1. The molecule has 2 rings (SSSR count). The minimum Gasteiger partial charge on any atom is -0.480 e. The van der Waals surface area contributed by atoms with Crippen molar-refractivity contribution in [2.45, 2.75) is 30.4 Å². The van der Waals surface area contributed by atoms with E-state index in [0.29, 0.717) is 5.57 Å². The molecule has 24 heavy (non-hydrogen) atoms. The Balaban J connectivity index is 2.31. The summed E-state index contributed by atoms with van der Waals surface area (Å²) in [7, 11) is -3.94. The number of rotatable bonds is 6. The number of carboxylic acids is 1. The lowest BCUT2D eigenvalue weighted by Gasteiger charge is -2.14. The molecule has 0 spiro atoms. The van der Waals surface area contributed by atoms with Gasteiger partial charge in [-0.3, -0.25) is 4.79 Å². The molecular weight excluding hydrogens is 324 g/mol. The molecule has 0 saturated heterocycles. The molecular formula is C19H20O4S. The van der Waals surface area contributed by atoms with Gasteiger partial charge in [-0.2, -0.15) is 0 Å². The van der Waals surface area contributed by atoms with Gasteiger partial charge in [-0.05, 0) is 38.0 Å². The van der Waals surface area contributed by atoms with Gasteiger partial charge < -0.3 is 5.11 Å². The van der Waals surface area contributed by atoms with Crippen LogP contribution in [-0.2, 0) is 14.6 Å². The Bertz CT molecular complexity index is 835. The quantitative estimate of drug-likeness (QED) is 0.867. The highest BCUT2D eigenvalue weighted by Gasteiger charge is 2.34. The van der Waals surface area contributed by atoms with Gasteiger partial charge in [0, 0.05) is 0 Å². The molecule has 0 fully saturated rings. The first-order chi connectivity index (χ1) is 11.3. The van der Waals surface area contributed by atoms with Gasteiger partial charge in [-0.25, -0.2) is 8.42 Å². The molecule has 1 atom stereocenters. The van der Waals surface area contributed by atoms with Gasteiger partial charge in [0.1, 0.15) is 0 Å². The summed E-state index contributed by atoms with van der Waals surface area (Å²) < 4.78 is 25.3. The highest BCUT2D eigenvalue weighted by Crippen LogP contribution is 2.23. The summed E-state index contributed by atoms with van der Waals surface area (Å²) in [5, 5.41) is 7.93. The molecule has 2 aromatic carbocycles. The van der Waals surface area contributed by atoms with Crippen LogP contribution in [0.2, 0.25) is 0 Å². The van der Waals surface area contributed by atoms with Crippen molar-refractivity contribution in [1.29, 1.82) is 0 Å². The Hall–Kier alpha value is -2.40. The first-order valence-electron chi connectivity index (χ1n) is 7.56. The summed E-state index contributed by atoms with van der Waals surface area (Å²) in [6.45, 7) is 3.59. The van der Waals surface area contributed by atoms with Crippen LogP contribution in [0.25, 0.3) is 6.08 Å². The summed E-state index contributed by atoms with van der Waals surface area (Å²) in [4.78, 5) is 11.6. The average Bonchev–Trinajstić information content (AvgIpc) is 2.53. The van der Waals surface area contributed by atoms with Crippen molar-refractivity contribution in [2.75, 3.05) is 0 Å². The van der Waals surface area contributed by atoms with E-state index in [4.69, 9.17) is 0 Å². The molecule has 0 aromatic heterocycles. The maximum atomic E-state index is 12.7. The third-order valence-electron chi connectivity index (χ3n) is 3.72. The standard InChI is InChI=1S/C19H20O4S/c1-14-8-10-17(11-9-14)24(22,23)18(19(20)21)13-15(2)12-16-6-4-3-5-7-16/h3-12,18H,13H2,1-2H3,(H,20,21). The second-order valence-electron chi connectivity index (χ2n) is 5.79. The van der Waals surface area contributed by atoms with Gasteiger partial charge in [0.25, 0.3) is 0 Å². The van der Waals surface area contributed by atoms with Crippen LogP contribution in [0.4, 0.5) is 0 Å². The maximum Gasteiger partial charge on any atom is 0.322 e. The summed E-state index contributed by atoms with van der Waals surface area (Å²) in [6.07, 6.45) is 1.75. The topological polar surface area (TPSA) is 71.4 Å². The van der Waals surface area contributed by atoms with E-state index in [-0.39, 0.29) is 11.3 Å². The van der Waals surface area contributed by atoms with Crippen molar-refractivity contribution in [3.8, 4) is 0 Å². The summed E-state index contributed by atoms with van der Waals surface area (Å²) in [6, 6.07) is 15.6. The van der Waals surface area contributed by atoms with Crippen molar-refractivity contribution < 1.29 is 18.3 Å². The molecule has 1 N–H and O–H groups in total. The molecule has 1 unspecified atom stereocenters. The van der Waals surface area contributed by atoms with Crippen LogP contribution in [0.1, 0.15) is 24.5 Å². The first-order valence-corrected chi connectivity index (χ1v) is 9.11. The second kappa shape index (κ2) is 7.45. The van der Waals surface area contributed by atoms with Crippen LogP contribution < -0.4 is 0 Å². The molecule has 2 aromatic rings. The van der Waals surface area contributed by atoms with E-state index in [2.05, 4.69) is 0 Å². The van der Waals surface area contributed by atoms with E-state index >= 15 is 0 Å². The van der Waals surface area contributed by atoms with Gasteiger partial charge in [-0.15, -0.1) is 0 Å². The maximum absolute atomic E-state index is 12.7. The lowest BCUT2D eigenvalue weighted by Crippen LogP contribution is -2.30. The molecule has 0 heterocycles. The molecule has 0 aliphatic rings. The number of benzene rings is 2. The van der Waals surface area contributed by atoms with Crippen molar-refractivity contribution >= 4 is 21.9 Å². The fraction of sp³-hybridized carbons (Fsp3) is 0.211. The Labute approximate surface area is 142 Å². The molecule has 4 nitrogen and oxygen atoms in total. The van der Waals surface area contributed by atoms with E-state index in [9.17, 15) is 18.3 Å². The highest BCUT2D eigenvalue weighted by molar-refractivity contribution is 7.92. The van der Waals surface area contributed by atoms with Gasteiger partial charge in [0.2, 0.25) is 0 Å². The summed E-state index contributed by atoms with van der Waals surface area (Å²) >= 11 is 0. The largest absolute Gasteiger partial charge is 0.480 e. The van der Waals surface area contributed by atoms with Crippen LogP contribution in [0.15, 0.2) is 65.1 Å². The zero-order chi connectivity index (χ0) is 17.7. The van der Waals surface area contributed by atoms with Gasteiger partial charge in [0.15, 0.2) is 15.1 Å². The predicted octanol–water partition coefficient (Wildman–Crippen LogP) is 3.72. The van der Waals surface area contributed by atoms with Crippen LogP contribution in [0.3, 0.4) is 0 Å². The fourth-order valence-corrected chi connectivity index (χ4v) is 4.00. The minimum absolute atomic E-state index is 0.0352.